The van der Waals surface area contributed by atoms with Gasteiger partial charge >= 0.3 is 0 Å². The molecule has 2 aromatic heterocycles. The molecule has 2 heteroatoms. The molecule has 1 aromatic carbocycles. The highest BCUT2D eigenvalue weighted by Crippen LogP contribution is 2.37. The van der Waals surface area contributed by atoms with Crippen molar-refractivity contribution in [1.82, 2.24) is 9.38 Å². The lowest BCUT2D eigenvalue weighted by atomic mass is 10.1. The van der Waals surface area contributed by atoms with Gasteiger partial charge in [0.15, 0.2) is 0 Å². The van der Waals surface area contributed by atoms with Gasteiger partial charge in [-0.3, -0.25) is 0 Å². The van der Waals surface area contributed by atoms with Crippen LogP contribution in [0.1, 0.15) is 22.4 Å². The van der Waals surface area contributed by atoms with E-state index in [0.717, 1.165) is 12.1 Å². The third kappa shape index (κ3) is 1.15. The van der Waals surface area contributed by atoms with Crippen molar-refractivity contribution in [1.29, 1.82) is 0 Å². The van der Waals surface area contributed by atoms with Crippen LogP contribution in [-0.4, -0.2) is 9.38 Å². The summed E-state index contributed by atoms with van der Waals surface area (Å²) in [6.45, 7) is 4.26. The van der Waals surface area contributed by atoms with Gasteiger partial charge in [-0.25, -0.2) is 4.98 Å². The van der Waals surface area contributed by atoms with Gasteiger partial charge in [0.25, 0.3) is 0 Å². The maximum Gasteiger partial charge on any atom is 0.140 e. The van der Waals surface area contributed by atoms with Gasteiger partial charge in [-0.15, -0.1) is 0 Å². The van der Waals surface area contributed by atoms with E-state index >= 15 is 0 Å². The summed E-state index contributed by atoms with van der Waals surface area (Å²) < 4.78 is 2.24. The Bertz CT molecular complexity index is 781. The van der Waals surface area contributed by atoms with Crippen molar-refractivity contribution in [3.63, 3.8) is 0 Å². The molecule has 88 valence electrons. The molecular formula is C16H14N2. The van der Waals surface area contributed by atoms with Crippen molar-refractivity contribution in [2.24, 2.45) is 0 Å². The molecule has 0 unspecified atom stereocenters. The Balaban J connectivity index is 2.09. The number of hydrogen-bond donors (Lipinski definition) is 0. The molecule has 0 aliphatic heterocycles. The van der Waals surface area contributed by atoms with Crippen LogP contribution in [-0.2, 0) is 6.42 Å². The van der Waals surface area contributed by atoms with Gasteiger partial charge in [-0.2, -0.15) is 0 Å². The summed E-state index contributed by atoms with van der Waals surface area (Å²) in [5, 5.41) is 0. The van der Waals surface area contributed by atoms with E-state index in [4.69, 9.17) is 4.98 Å². The minimum atomic E-state index is 0.996. The third-order valence-electron chi connectivity index (χ3n) is 3.82. The summed E-state index contributed by atoms with van der Waals surface area (Å²) in [7, 11) is 0. The van der Waals surface area contributed by atoms with Gasteiger partial charge < -0.3 is 4.40 Å². The van der Waals surface area contributed by atoms with E-state index in [2.05, 4.69) is 54.8 Å². The molecule has 0 saturated carbocycles. The van der Waals surface area contributed by atoms with E-state index in [0.29, 0.717) is 0 Å². The zero-order valence-electron chi connectivity index (χ0n) is 10.6. The summed E-state index contributed by atoms with van der Waals surface area (Å²) in [6.07, 6.45) is 3.11. The Labute approximate surface area is 106 Å². The Morgan fingerprint density at radius 2 is 2.06 bits per heavy atom. The van der Waals surface area contributed by atoms with Gasteiger partial charge in [0.2, 0.25) is 0 Å². The first kappa shape index (κ1) is 9.89. The molecule has 2 nitrogen and oxygen atoms in total. The van der Waals surface area contributed by atoms with E-state index in [9.17, 15) is 0 Å². The Morgan fingerprint density at radius 3 is 2.94 bits per heavy atom. The zero-order chi connectivity index (χ0) is 12.3. The van der Waals surface area contributed by atoms with E-state index in [1.165, 1.54) is 33.6 Å². The molecule has 1 aliphatic carbocycles. The molecule has 0 saturated heterocycles. The largest absolute Gasteiger partial charge is 0.303 e. The number of benzene rings is 1. The molecule has 0 spiro atoms. The fraction of sp³-hybridized carbons (Fsp3) is 0.188. The van der Waals surface area contributed by atoms with E-state index in [1.54, 1.807) is 0 Å². The topological polar surface area (TPSA) is 17.3 Å². The van der Waals surface area contributed by atoms with Crippen LogP contribution in [0.4, 0.5) is 0 Å². The molecule has 1 aliphatic rings. The van der Waals surface area contributed by atoms with Crippen LogP contribution in [0.3, 0.4) is 0 Å². The molecule has 3 aromatic rings. The Kier molecular flexibility index (Phi) is 1.77. The second-order valence-electron chi connectivity index (χ2n) is 5.13. The number of pyridine rings is 1. The molecule has 0 fully saturated rings. The van der Waals surface area contributed by atoms with Crippen molar-refractivity contribution < 1.29 is 0 Å². The van der Waals surface area contributed by atoms with Crippen LogP contribution in [0.25, 0.3) is 16.9 Å². The van der Waals surface area contributed by atoms with Crippen molar-refractivity contribution in [2.75, 3.05) is 0 Å². The first-order chi connectivity index (χ1) is 8.74. The molecule has 0 amide bonds. The Morgan fingerprint density at radius 1 is 1.17 bits per heavy atom. The highest BCUT2D eigenvalue weighted by Gasteiger charge is 2.24. The monoisotopic (exact) mass is 234 g/mol. The van der Waals surface area contributed by atoms with Gasteiger partial charge in [-0.1, -0.05) is 23.8 Å². The number of hydrogen-bond acceptors (Lipinski definition) is 1. The van der Waals surface area contributed by atoms with Gasteiger partial charge in [-0.05, 0) is 37.1 Å². The summed E-state index contributed by atoms with van der Waals surface area (Å²) in [4.78, 5) is 4.84. The molecule has 18 heavy (non-hydrogen) atoms. The van der Waals surface area contributed by atoms with Crippen molar-refractivity contribution in [3.05, 3.63) is 58.9 Å². The first-order valence-corrected chi connectivity index (χ1v) is 6.30. The second kappa shape index (κ2) is 3.22. The van der Waals surface area contributed by atoms with Crippen molar-refractivity contribution in [2.45, 2.75) is 20.3 Å². The molecule has 4 rings (SSSR count). The molecule has 0 atom stereocenters. The van der Waals surface area contributed by atoms with Crippen LogP contribution in [0, 0.1) is 13.8 Å². The fourth-order valence-corrected chi connectivity index (χ4v) is 2.88. The van der Waals surface area contributed by atoms with Crippen molar-refractivity contribution >= 4 is 5.65 Å². The van der Waals surface area contributed by atoms with Crippen LogP contribution < -0.4 is 0 Å². The van der Waals surface area contributed by atoms with Gasteiger partial charge in [0, 0.05) is 18.2 Å². The molecule has 0 N–H and O–H groups in total. The fourth-order valence-electron chi connectivity index (χ4n) is 2.88. The predicted molar refractivity (Wildman–Crippen MR) is 72.9 cm³/mol. The van der Waals surface area contributed by atoms with Gasteiger partial charge in [0.05, 0.1) is 11.4 Å². The van der Waals surface area contributed by atoms with Crippen molar-refractivity contribution in [3.8, 4) is 11.3 Å². The molecule has 2 heterocycles. The number of nitrogens with zero attached hydrogens (tertiary/aromatic N) is 2. The van der Waals surface area contributed by atoms with Gasteiger partial charge in [0.1, 0.15) is 5.65 Å². The maximum absolute atomic E-state index is 4.84. The first-order valence-electron chi connectivity index (χ1n) is 6.30. The Hall–Kier alpha value is -2.09. The van der Waals surface area contributed by atoms with Crippen LogP contribution >= 0.6 is 0 Å². The third-order valence-corrected chi connectivity index (χ3v) is 3.82. The number of rotatable bonds is 0. The van der Waals surface area contributed by atoms with Crippen LogP contribution in [0.2, 0.25) is 0 Å². The second-order valence-corrected chi connectivity index (χ2v) is 5.13. The van der Waals surface area contributed by atoms with E-state index < -0.39 is 0 Å². The van der Waals surface area contributed by atoms with Crippen LogP contribution in [0.5, 0.6) is 0 Å². The minimum absolute atomic E-state index is 0.996. The summed E-state index contributed by atoms with van der Waals surface area (Å²) in [5.74, 6) is 0. The average Bonchev–Trinajstić information content (AvgIpc) is 2.87. The number of aryl methyl sites for hydroxylation is 2. The highest BCUT2D eigenvalue weighted by atomic mass is 15.0. The van der Waals surface area contributed by atoms with E-state index in [-0.39, 0.29) is 0 Å². The standard InChI is InChI=1S/C16H14N2/c1-10-5-6-12-9-14-15(13(12)8-10)17-16-11(2)4-3-7-18(14)16/h3-8H,9H2,1-2H3. The lowest BCUT2D eigenvalue weighted by Crippen LogP contribution is -1.92. The maximum atomic E-state index is 4.84. The molecule has 0 bridgehead atoms. The smallest absolute Gasteiger partial charge is 0.140 e. The number of aromatic nitrogens is 2. The zero-order valence-corrected chi connectivity index (χ0v) is 10.6. The molecule has 0 radical (unpaired) electrons. The number of imidazole rings is 1. The minimum Gasteiger partial charge on any atom is -0.303 e. The lowest BCUT2D eigenvalue weighted by Gasteiger charge is -2.02. The highest BCUT2D eigenvalue weighted by molar-refractivity contribution is 5.76. The van der Waals surface area contributed by atoms with E-state index in [1.807, 2.05) is 0 Å². The number of fused-ring (bicyclic) bond motifs is 5. The predicted octanol–water partition coefficient (Wildman–Crippen LogP) is 3.52. The summed E-state index contributed by atoms with van der Waals surface area (Å²) in [5.41, 5.74) is 8.84. The lowest BCUT2D eigenvalue weighted by molar-refractivity contribution is 1.04. The SMILES string of the molecule is Cc1ccc2c(c1)-c1nc3c(C)cccn3c1C2. The summed E-state index contributed by atoms with van der Waals surface area (Å²) >= 11 is 0. The quantitative estimate of drug-likeness (QED) is 0.455. The average molecular weight is 234 g/mol. The summed E-state index contributed by atoms with van der Waals surface area (Å²) in [6, 6.07) is 10.9. The van der Waals surface area contributed by atoms with Crippen LogP contribution in [0.15, 0.2) is 36.5 Å². The molecular weight excluding hydrogens is 220 g/mol. The normalized spacial score (nSPS) is 12.8.